The number of hydrogen-bond acceptors (Lipinski definition) is 5. The molecule has 19 heavy (non-hydrogen) atoms. The largest absolute Gasteiger partial charge is 0.381 e. The van der Waals surface area contributed by atoms with Crippen LogP contribution in [0.4, 0.5) is 10.2 Å². The molecular weight excluding hydrogens is 247 g/mol. The third-order valence-electron chi connectivity index (χ3n) is 3.42. The summed E-state index contributed by atoms with van der Waals surface area (Å²) in [5, 5.41) is 0.902. The van der Waals surface area contributed by atoms with Gasteiger partial charge in [-0.25, -0.2) is 14.4 Å². The molecular formula is C13H15FN4O. The summed E-state index contributed by atoms with van der Waals surface area (Å²) in [6.45, 7) is 1.05. The first-order chi connectivity index (χ1) is 9.22. The van der Waals surface area contributed by atoms with E-state index in [-0.39, 0.29) is 6.61 Å². The number of halogens is 1. The van der Waals surface area contributed by atoms with Gasteiger partial charge in [-0.2, -0.15) is 0 Å². The van der Waals surface area contributed by atoms with Gasteiger partial charge >= 0.3 is 0 Å². The lowest BCUT2D eigenvalue weighted by atomic mass is 10.1. The zero-order chi connectivity index (χ0) is 13.3. The Hall–Kier alpha value is -1.82. The highest BCUT2D eigenvalue weighted by Crippen LogP contribution is 2.31. The average Bonchev–Trinajstić information content (AvgIpc) is 2.81. The Bertz CT molecular complexity index is 588. The van der Waals surface area contributed by atoms with Gasteiger partial charge in [0.2, 0.25) is 0 Å². The van der Waals surface area contributed by atoms with Crippen LogP contribution in [0, 0.1) is 0 Å². The highest BCUT2D eigenvalue weighted by Gasteiger charge is 2.39. The second-order valence-corrected chi connectivity index (χ2v) is 4.85. The maximum absolute atomic E-state index is 14.4. The van der Waals surface area contributed by atoms with Crippen LogP contribution in [0.2, 0.25) is 0 Å². The standard InChI is InChI=1S/C13H15FN4O/c1-19-8-13(14)3-5-18(7-13)12-10-2-4-15-6-11(10)16-9-17-12/h2,4,6,9H,3,5,7-8H2,1H3. The molecule has 1 fully saturated rings. The number of rotatable bonds is 3. The van der Waals surface area contributed by atoms with Crippen molar-refractivity contribution >= 4 is 16.7 Å². The zero-order valence-electron chi connectivity index (χ0n) is 10.7. The molecule has 0 bridgehead atoms. The van der Waals surface area contributed by atoms with Gasteiger partial charge in [0.1, 0.15) is 12.1 Å². The summed E-state index contributed by atoms with van der Waals surface area (Å²) in [7, 11) is 1.52. The molecule has 6 heteroatoms. The van der Waals surface area contributed by atoms with Crippen molar-refractivity contribution in [1.82, 2.24) is 15.0 Å². The van der Waals surface area contributed by atoms with Crippen LogP contribution < -0.4 is 4.90 Å². The number of anilines is 1. The van der Waals surface area contributed by atoms with Crippen LogP contribution in [-0.2, 0) is 4.74 Å². The second kappa shape index (κ2) is 4.70. The fraction of sp³-hybridized carbons (Fsp3) is 0.462. The van der Waals surface area contributed by atoms with Gasteiger partial charge in [0, 0.05) is 31.7 Å². The maximum atomic E-state index is 14.4. The number of aromatic nitrogens is 3. The summed E-state index contributed by atoms with van der Waals surface area (Å²) in [6.07, 6.45) is 5.34. The fourth-order valence-corrected chi connectivity index (χ4v) is 2.54. The van der Waals surface area contributed by atoms with Crippen LogP contribution in [0.3, 0.4) is 0 Å². The molecule has 1 saturated heterocycles. The number of nitrogens with zero attached hydrogens (tertiary/aromatic N) is 4. The summed E-state index contributed by atoms with van der Waals surface area (Å²) in [5.74, 6) is 0.767. The minimum atomic E-state index is -1.29. The molecule has 3 rings (SSSR count). The van der Waals surface area contributed by atoms with Crippen molar-refractivity contribution in [3.63, 3.8) is 0 Å². The van der Waals surface area contributed by atoms with E-state index in [0.717, 1.165) is 16.7 Å². The molecule has 0 spiro atoms. The van der Waals surface area contributed by atoms with E-state index in [1.165, 1.54) is 13.4 Å². The number of methoxy groups -OCH3 is 1. The van der Waals surface area contributed by atoms with E-state index in [0.29, 0.717) is 19.5 Å². The Morgan fingerprint density at radius 1 is 1.47 bits per heavy atom. The van der Waals surface area contributed by atoms with E-state index in [2.05, 4.69) is 15.0 Å². The minimum absolute atomic E-state index is 0.119. The van der Waals surface area contributed by atoms with Crippen molar-refractivity contribution < 1.29 is 9.13 Å². The molecule has 0 N–H and O–H groups in total. The van der Waals surface area contributed by atoms with Crippen molar-refractivity contribution in [3.05, 3.63) is 24.8 Å². The van der Waals surface area contributed by atoms with Gasteiger partial charge in [0.25, 0.3) is 0 Å². The maximum Gasteiger partial charge on any atom is 0.153 e. The first-order valence-corrected chi connectivity index (χ1v) is 6.19. The van der Waals surface area contributed by atoms with Crippen molar-refractivity contribution in [2.24, 2.45) is 0 Å². The summed E-state index contributed by atoms with van der Waals surface area (Å²) in [5.41, 5.74) is -0.519. The Morgan fingerprint density at radius 3 is 3.21 bits per heavy atom. The number of hydrogen-bond donors (Lipinski definition) is 0. The SMILES string of the molecule is COCC1(F)CCN(c2ncnc3cnccc23)C1. The van der Waals surface area contributed by atoms with Crippen LogP contribution in [-0.4, -0.2) is 47.4 Å². The first kappa shape index (κ1) is 12.2. The number of pyridine rings is 1. The van der Waals surface area contributed by atoms with Crippen LogP contribution in [0.5, 0.6) is 0 Å². The minimum Gasteiger partial charge on any atom is -0.381 e. The van der Waals surface area contributed by atoms with E-state index < -0.39 is 5.67 Å². The molecule has 1 unspecified atom stereocenters. The number of alkyl halides is 1. The van der Waals surface area contributed by atoms with Gasteiger partial charge in [-0.05, 0) is 6.07 Å². The lowest BCUT2D eigenvalue weighted by Crippen LogP contribution is -2.33. The van der Waals surface area contributed by atoms with Crippen molar-refractivity contribution in [2.45, 2.75) is 12.1 Å². The van der Waals surface area contributed by atoms with E-state index >= 15 is 0 Å². The summed E-state index contributed by atoms with van der Waals surface area (Å²) in [6, 6.07) is 1.86. The van der Waals surface area contributed by atoms with E-state index in [1.54, 1.807) is 12.4 Å². The number of ether oxygens (including phenoxy) is 1. The van der Waals surface area contributed by atoms with Crippen LogP contribution >= 0.6 is 0 Å². The molecule has 1 aliphatic rings. The van der Waals surface area contributed by atoms with E-state index in [9.17, 15) is 4.39 Å². The summed E-state index contributed by atoms with van der Waals surface area (Å²) in [4.78, 5) is 14.4. The first-order valence-electron chi connectivity index (χ1n) is 6.19. The highest BCUT2D eigenvalue weighted by atomic mass is 19.1. The molecule has 100 valence electrons. The Balaban J connectivity index is 1.94. The normalized spacial score (nSPS) is 23.2. The smallest absolute Gasteiger partial charge is 0.153 e. The van der Waals surface area contributed by atoms with Crippen LogP contribution in [0.25, 0.3) is 10.9 Å². The molecule has 5 nitrogen and oxygen atoms in total. The van der Waals surface area contributed by atoms with Crippen LogP contribution in [0.1, 0.15) is 6.42 Å². The predicted octanol–water partition coefficient (Wildman–Crippen LogP) is 1.59. The van der Waals surface area contributed by atoms with Crippen molar-refractivity contribution in [3.8, 4) is 0 Å². The average molecular weight is 262 g/mol. The topological polar surface area (TPSA) is 51.1 Å². The molecule has 1 atom stereocenters. The van der Waals surface area contributed by atoms with Gasteiger partial charge in [-0.15, -0.1) is 0 Å². The molecule has 0 saturated carbocycles. The predicted molar refractivity (Wildman–Crippen MR) is 69.9 cm³/mol. The quantitative estimate of drug-likeness (QED) is 0.840. The molecule has 2 aromatic heterocycles. The monoisotopic (exact) mass is 262 g/mol. The second-order valence-electron chi connectivity index (χ2n) is 4.85. The zero-order valence-corrected chi connectivity index (χ0v) is 10.7. The van der Waals surface area contributed by atoms with Gasteiger partial charge < -0.3 is 9.64 Å². The Labute approximate surface area is 110 Å². The molecule has 0 aromatic carbocycles. The molecule has 0 aliphatic carbocycles. The highest BCUT2D eigenvalue weighted by molar-refractivity contribution is 5.88. The van der Waals surface area contributed by atoms with Gasteiger partial charge in [-0.3, -0.25) is 4.98 Å². The van der Waals surface area contributed by atoms with Gasteiger partial charge in [-0.1, -0.05) is 0 Å². The fourth-order valence-electron chi connectivity index (χ4n) is 2.54. The van der Waals surface area contributed by atoms with Crippen molar-refractivity contribution in [2.75, 3.05) is 31.7 Å². The Kier molecular flexibility index (Phi) is 3.02. The van der Waals surface area contributed by atoms with Gasteiger partial charge in [0.05, 0.1) is 24.9 Å². The lowest BCUT2D eigenvalue weighted by molar-refractivity contribution is 0.0571. The molecule has 2 aromatic rings. The van der Waals surface area contributed by atoms with Crippen molar-refractivity contribution in [1.29, 1.82) is 0 Å². The third kappa shape index (κ3) is 2.23. The van der Waals surface area contributed by atoms with E-state index in [1.807, 2.05) is 11.0 Å². The van der Waals surface area contributed by atoms with Crippen LogP contribution in [0.15, 0.2) is 24.8 Å². The molecule has 3 heterocycles. The molecule has 0 amide bonds. The Morgan fingerprint density at radius 2 is 2.37 bits per heavy atom. The van der Waals surface area contributed by atoms with Gasteiger partial charge in [0.15, 0.2) is 5.67 Å². The molecule has 0 radical (unpaired) electrons. The third-order valence-corrected chi connectivity index (χ3v) is 3.42. The number of fused-ring (bicyclic) bond motifs is 1. The lowest BCUT2D eigenvalue weighted by Gasteiger charge is -2.21. The van der Waals surface area contributed by atoms with E-state index in [4.69, 9.17) is 4.74 Å². The summed E-state index contributed by atoms with van der Waals surface area (Å²) < 4.78 is 19.4. The molecule has 1 aliphatic heterocycles. The summed E-state index contributed by atoms with van der Waals surface area (Å²) >= 11 is 0.